The lowest BCUT2D eigenvalue weighted by molar-refractivity contribution is -0.139. The monoisotopic (exact) mass is 355 g/mol. The van der Waals surface area contributed by atoms with E-state index in [9.17, 15) is 9.59 Å². The number of aliphatic carboxylic acids is 1. The number of aryl methyl sites for hydroxylation is 1. The summed E-state index contributed by atoms with van der Waals surface area (Å²) in [7, 11) is 1.74. The van der Waals surface area contributed by atoms with Crippen LogP contribution in [0.5, 0.6) is 5.75 Å². The van der Waals surface area contributed by atoms with Gasteiger partial charge >= 0.3 is 5.97 Å². The third kappa shape index (κ3) is 5.34. The number of hydrogen-bond acceptors (Lipinski definition) is 3. The Hall–Kier alpha value is -2.82. The number of rotatable bonds is 8. The molecule has 0 aliphatic carbocycles. The highest BCUT2D eigenvalue weighted by molar-refractivity contribution is 5.93. The van der Waals surface area contributed by atoms with E-state index in [0.29, 0.717) is 12.2 Å². The summed E-state index contributed by atoms with van der Waals surface area (Å²) in [5, 5.41) is 8.62. The van der Waals surface area contributed by atoms with E-state index in [0.717, 1.165) is 17.7 Å². The second kappa shape index (κ2) is 9.04. The fourth-order valence-electron chi connectivity index (χ4n) is 2.65. The highest BCUT2D eigenvalue weighted by Gasteiger charge is 2.16. The van der Waals surface area contributed by atoms with Crippen molar-refractivity contribution in [2.45, 2.75) is 32.6 Å². The number of benzene rings is 2. The van der Waals surface area contributed by atoms with Gasteiger partial charge in [-0.05, 0) is 47.7 Å². The fourth-order valence-corrected chi connectivity index (χ4v) is 2.65. The minimum absolute atomic E-state index is 0.0243. The Morgan fingerprint density at radius 1 is 1.08 bits per heavy atom. The molecule has 26 heavy (non-hydrogen) atoms. The number of nitrogens with zero attached hydrogens (tertiary/aromatic N) is 1. The van der Waals surface area contributed by atoms with E-state index < -0.39 is 5.97 Å². The van der Waals surface area contributed by atoms with Crippen molar-refractivity contribution in [3.05, 3.63) is 59.7 Å². The summed E-state index contributed by atoms with van der Waals surface area (Å²) < 4.78 is 5.10. The van der Waals surface area contributed by atoms with Crippen molar-refractivity contribution in [3.8, 4) is 5.75 Å². The Labute approximate surface area is 154 Å². The van der Waals surface area contributed by atoms with Crippen LogP contribution in [0, 0.1) is 0 Å². The molecule has 0 spiro atoms. The molecule has 1 atom stereocenters. The number of carbonyl (C=O) groups is 2. The molecule has 5 heteroatoms. The lowest BCUT2D eigenvalue weighted by Crippen LogP contribution is -2.27. The van der Waals surface area contributed by atoms with Gasteiger partial charge in [-0.15, -0.1) is 0 Å². The van der Waals surface area contributed by atoms with Gasteiger partial charge in [0.15, 0.2) is 6.61 Å². The number of carboxylic acids is 1. The standard InChI is InChI=1S/C21H25NO4/c1-4-16-5-7-17(8-6-16)15(2)13-20(23)22(3)18-9-11-19(12-10-18)26-14-21(24)25/h5-12,15H,4,13-14H2,1-3H3,(H,24,25). The van der Waals surface area contributed by atoms with E-state index in [1.165, 1.54) is 5.56 Å². The van der Waals surface area contributed by atoms with Crippen LogP contribution in [0.25, 0.3) is 0 Å². The first-order valence-corrected chi connectivity index (χ1v) is 8.70. The van der Waals surface area contributed by atoms with Gasteiger partial charge < -0.3 is 14.7 Å². The Morgan fingerprint density at radius 2 is 1.69 bits per heavy atom. The second-order valence-electron chi connectivity index (χ2n) is 6.33. The van der Waals surface area contributed by atoms with Crippen molar-refractivity contribution in [2.24, 2.45) is 0 Å². The Balaban J connectivity index is 1.96. The molecule has 1 unspecified atom stereocenters. The minimum atomic E-state index is -1.03. The van der Waals surface area contributed by atoms with Crippen molar-refractivity contribution >= 4 is 17.6 Å². The molecule has 138 valence electrons. The van der Waals surface area contributed by atoms with Gasteiger partial charge in [0, 0.05) is 19.2 Å². The average molecular weight is 355 g/mol. The maximum Gasteiger partial charge on any atom is 0.341 e. The molecule has 0 radical (unpaired) electrons. The molecule has 0 saturated carbocycles. The van der Waals surface area contributed by atoms with Crippen LogP contribution in [0.2, 0.25) is 0 Å². The third-order valence-corrected chi connectivity index (χ3v) is 4.40. The summed E-state index contributed by atoms with van der Waals surface area (Å²) in [5.41, 5.74) is 3.18. The smallest absolute Gasteiger partial charge is 0.341 e. The summed E-state index contributed by atoms with van der Waals surface area (Å²) in [4.78, 5) is 24.7. The highest BCUT2D eigenvalue weighted by atomic mass is 16.5. The summed E-state index contributed by atoms with van der Waals surface area (Å²) in [6.45, 7) is 3.78. The zero-order valence-electron chi connectivity index (χ0n) is 15.4. The molecule has 0 aromatic heterocycles. The van der Waals surface area contributed by atoms with E-state index in [4.69, 9.17) is 9.84 Å². The molecule has 5 nitrogen and oxygen atoms in total. The summed E-state index contributed by atoms with van der Waals surface area (Å²) in [6, 6.07) is 15.2. The molecule has 2 aromatic rings. The van der Waals surface area contributed by atoms with Crippen LogP contribution >= 0.6 is 0 Å². The van der Waals surface area contributed by atoms with Crippen LogP contribution < -0.4 is 9.64 Å². The topological polar surface area (TPSA) is 66.8 Å². The highest BCUT2D eigenvalue weighted by Crippen LogP contribution is 2.24. The van der Waals surface area contributed by atoms with Crippen LogP contribution in [-0.4, -0.2) is 30.6 Å². The SMILES string of the molecule is CCc1ccc(C(C)CC(=O)N(C)c2ccc(OCC(=O)O)cc2)cc1. The molecule has 0 aliphatic heterocycles. The lowest BCUT2D eigenvalue weighted by atomic mass is 9.96. The van der Waals surface area contributed by atoms with Gasteiger partial charge in [0.2, 0.25) is 5.91 Å². The maximum absolute atomic E-state index is 12.6. The van der Waals surface area contributed by atoms with E-state index in [2.05, 4.69) is 38.1 Å². The van der Waals surface area contributed by atoms with E-state index in [1.807, 2.05) is 0 Å². The Kier molecular flexibility index (Phi) is 6.78. The van der Waals surface area contributed by atoms with Gasteiger partial charge in [-0.2, -0.15) is 0 Å². The first kappa shape index (κ1) is 19.5. The zero-order valence-corrected chi connectivity index (χ0v) is 15.4. The summed E-state index contributed by atoms with van der Waals surface area (Å²) in [6.07, 6.45) is 1.42. The molecule has 2 aromatic carbocycles. The fraction of sp³-hybridized carbons (Fsp3) is 0.333. The van der Waals surface area contributed by atoms with Crippen molar-refractivity contribution in [3.63, 3.8) is 0 Å². The van der Waals surface area contributed by atoms with Crippen LogP contribution in [-0.2, 0) is 16.0 Å². The number of amides is 1. The van der Waals surface area contributed by atoms with E-state index in [-0.39, 0.29) is 18.4 Å². The van der Waals surface area contributed by atoms with Crippen LogP contribution in [0.1, 0.15) is 37.3 Å². The van der Waals surface area contributed by atoms with Crippen LogP contribution in [0.4, 0.5) is 5.69 Å². The van der Waals surface area contributed by atoms with Crippen molar-refractivity contribution in [1.82, 2.24) is 0 Å². The zero-order chi connectivity index (χ0) is 19.1. The van der Waals surface area contributed by atoms with E-state index in [1.54, 1.807) is 36.2 Å². The lowest BCUT2D eigenvalue weighted by Gasteiger charge is -2.20. The van der Waals surface area contributed by atoms with Gasteiger partial charge in [0.05, 0.1) is 0 Å². The third-order valence-electron chi connectivity index (χ3n) is 4.40. The van der Waals surface area contributed by atoms with Gasteiger partial charge in [0.1, 0.15) is 5.75 Å². The van der Waals surface area contributed by atoms with Crippen molar-refractivity contribution < 1.29 is 19.4 Å². The predicted molar refractivity (Wildman–Crippen MR) is 102 cm³/mol. The molecular weight excluding hydrogens is 330 g/mol. The number of carboxylic acid groups (broad SMARTS) is 1. The largest absolute Gasteiger partial charge is 0.482 e. The Bertz CT molecular complexity index is 738. The molecule has 0 saturated heterocycles. The quantitative estimate of drug-likeness (QED) is 0.781. The molecule has 2 rings (SSSR count). The molecule has 0 aliphatic rings. The predicted octanol–water partition coefficient (Wildman–Crippen LogP) is 3.87. The minimum Gasteiger partial charge on any atom is -0.482 e. The number of hydrogen-bond donors (Lipinski definition) is 1. The van der Waals surface area contributed by atoms with Crippen molar-refractivity contribution in [1.29, 1.82) is 0 Å². The molecule has 0 heterocycles. The first-order chi connectivity index (χ1) is 12.4. The number of carbonyl (C=O) groups excluding carboxylic acids is 1. The molecular formula is C21H25NO4. The molecule has 0 fully saturated rings. The van der Waals surface area contributed by atoms with Crippen LogP contribution in [0.15, 0.2) is 48.5 Å². The number of anilines is 1. The second-order valence-corrected chi connectivity index (χ2v) is 6.33. The van der Waals surface area contributed by atoms with Gasteiger partial charge in [-0.3, -0.25) is 4.79 Å². The first-order valence-electron chi connectivity index (χ1n) is 8.70. The normalized spacial score (nSPS) is 11.7. The summed E-state index contributed by atoms with van der Waals surface area (Å²) >= 11 is 0. The van der Waals surface area contributed by atoms with Crippen LogP contribution in [0.3, 0.4) is 0 Å². The Morgan fingerprint density at radius 3 is 2.23 bits per heavy atom. The van der Waals surface area contributed by atoms with E-state index >= 15 is 0 Å². The molecule has 1 N–H and O–H groups in total. The maximum atomic E-state index is 12.6. The van der Waals surface area contributed by atoms with Crippen molar-refractivity contribution in [2.75, 3.05) is 18.6 Å². The average Bonchev–Trinajstić information content (AvgIpc) is 2.66. The molecule has 1 amide bonds. The number of ether oxygens (including phenoxy) is 1. The summed E-state index contributed by atoms with van der Waals surface area (Å²) in [5.74, 6) is -0.408. The van der Waals surface area contributed by atoms with Gasteiger partial charge in [-0.1, -0.05) is 38.1 Å². The van der Waals surface area contributed by atoms with Gasteiger partial charge in [0.25, 0.3) is 0 Å². The van der Waals surface area contributed by atoms with Gasteiger partial charge in [-0.25, -0.2) is 4.79 Å². The molecule has 0 bridgehead atoms.